The van der Waals surface area contributed by atoms with Crippen LogP contribution in [-0.2, 0) is 6.54 Å². The minimum atomic E-state index is -1.36. The molecule has 4 rings (SSSR count). The molecular weight excluding hydrogens is 453 g/mol. The van der Waals surface area contributed by atoms with Crippen molar-refractivity contribution in [3.05, 3.63) is 68.7 Å². The summed E-state index contributed by atoms with van der Waals surface area (Å²) in [5.74, 6) is -2.53. The topological polar surface area (TPSA) is 103 Å². The Morgan fingerprint density at radius 2 is 1.79 bits per heavy atom. The first-order chi connectivity index (χ1) is 15.7. The van der Waals surface area contributed by atoms with Crippen LogP contribution in [0.4, 0.5) is 10.1 Å². The lowest BCUT2D eigenvalue weighted by Gasteiger charge is -2.36. The number of amides is 1. The molecule has 0 bridgehead atoms. The van der Waals surface area contributed by atoms with Gasteiger partial charge in [-0.05, 0) is 37.3 Å². The summed E-state index contributed by atoms with van der Waals surface area (Å²) in [7, 11) is 0. The van der Waals surface area contributed by atoms with Crippen LogP contribution in [0.25, 0.3) is 10.9 Å². The Kier molecular flexibility index (Phi) is 5.99. The van der Waals surface area contributed by atoms with Gasteiger partial charge in [0.15, 0.2) is 0 Å². The molecule has 1 amide bonds. The molecule has 8 nitrogen and oxygen atoms in total. The Labute approximate surface area is 193 Å². The summed E-state index contributed by atoms with van der Waals surface area (Å²) in [4.78, 5) is 40.0. The number of anilines is 1. The lowest BCUT2D eigenvalue weighted by molar-refractivity contribution is 0.0693. The van der Waals surface area contributed by atoms with Crippen LogP contribution >= 0.6 is 11.6 Å². The van der Waals surface area contributed by atoms with Gasteiger partial charge in [0, 0.05) is 49.3 Å². The van der Waals surface area contributed by atoms with Gasteiger partial charge in [0.2, 0.25) is 5.43 Å². The zero-order chi connectivity index (χ0) is 23.9. The average Bonchev–Trinajstić information content (AvgIpc) is 2.80. The number of aromatic nitrogens is 1. The van der Waals surface area contributed by atoms with E-state index in [2.05, 4.69) is 0 Å². The minimum absolute atomic E-state index is 0.00300. The second kappa shape index (κ2) is 8.74. The van der Waals surface area contributed by atoms with Crippen LogP contribution in [0.1, 0.15) is 27.6 Å². The molecule has 1 aromatic heterocycles. The molecule has 0 unspecified atom stereocenters. The van der Waals surface area contributed by atoms with Gasteiger partial charge in [0.25, 0.3) is 5.91 Å². The van der Waals surface area contributed by atoms with E-state index in [4.69, 9.17) is 11.6 Å². The Bertz CT molecular complexity index is 1330. The SMILES string of the molecule is CCn1cc(C(=O)O)c(=O)c2cc(F)c(N3CCN(C(=O)c4cc(Cl)ccc4O)CC3)cc21. The number of fused-ring (bicyclic) bond motifs is 1. The van der Waals surface area contributed by atoms with Gasteiger partial charge in [-0.1, -0.05) is 11.6 Å². The van der Waals surface area contributed by atoms with Crippen molar-refractivity contribution < 1.29 is 24.2 Å². The third-order valence-corrected chi connectivity index (χ3v) is 6.05. The average molecular weight is 474 g/mol. The molecule has 10 heteroatoms. The van der Waals surface area contributed by atoms with E-state index in [-0.39, 0.29) is 28.3 Å². The highest BCUT2D eigenvalue weighted by atomic mass is 35.5. The zero-order valence-corrected chi connectivity index (χ0v) is 18.5. The quantitative estimate of drug-likeness (QED) is 0.603. The summed E-state index contributed by atoms with van der Waals surface area (Å²) in [6, 6.07) is 6.88. The molecule has 1 aliphatic rings. The summed E-state index contributed by atoms with van der Waals surface area (Å²) in [6.45, 7) is 3.45. The number of carboxylic acids is 1. The van der Waals surface area contributed by atoms with Crippen LogP contribution < -0.4 is 10.3 Å². The smallest absolute Gasteiger partial charge is 0.341 e. The van der Waals surface area contributed by atoms with Gasteiger partial charge in [-0.2, -0.15) is 0 Å². The van der Waals surface area contributed by atoms with Gasteiger partial charge in [0.1, 0.15) is 17.1 Å². The molecule has 0 atom stereocenters. The maximum Gasteiger partial charge on any atom is 0.341 e. The second-order valence-corrected chi connectivity index (χ2v) is 8.16. The molecule has 1 saturated heterocycles. The predicted octanol–water partition coefficient (Wildman–Crippen LogP) is 3.18. The van der Waals surface area contributed by atoms with E-state index < -0.39 is 22.8 Å². The molecule has 3 aromatic rings. The molecule has 2 aromatic carbocycles. The van der Waals surface area contributed by atoms with Crippen molar-refractivity contribution in [2.24, 2.45) is 0 Å². The number of hydrogen-bond donors (Lipinski definition) is 2. The third kappa shape index (κ3) is 4.11. The van der Waals surface area contributed by atoms with E-state index in [9.17, 15) is 24.6 Å². The fourth-order valence-electron chi connectivity index (χ4n) is 4.06. The van der Waals surface area contributed by atoms with Gasteiger partial charge in [-0.15, -0.1) is 0 Å². The van der Waals surface area contributed by atoms with Crippen molar-refractivity contribution >= 4 is 40.1 Å². The van der Waals surface area contributed by atoms with Crippen LogP contribution in [-0.4, -0.2) is 57.7 Å². The first-order valence-corrected chi connectivity index (χ1v) is 10.7. The molecular formula is C23H21ClFN3O5. The molecule has 1 fully saturated rings. The van der Waals surface area contributed by atoms with Crippen molar-refractivity contribution in [2.75, 3.05) is 31.1 Å². The molecule has 172 valence electrons. The number of halogens is 2. The Balaban J connectivity index is 1.62. The van der Waals surface area contributed by atoms with Gasteiger partial charge in [-0.25, -0.2) is 9.18 Å². The standard InChI is InChI=1S/C23H21ClFN3O5/c1-2-26-12-16(23(32)33)21(30)14-10-17(25)19(11-18(14)26)27-5-7-28(8-6-27)22(31)15-9-13(24)3-4-20(15)29/h3-4,9-12,29H,2,5-8H2,1H3,(H,32,33). The minimum Gasteiger partial charge on any atom is -0.507 e. The molecule has 1 aliphatic heterocycles. The number of carboxylic acid groups (broad SMARTS) is 1. The van der Waals surface area contributed by atoms with Crippen LogP contribution in [0.3, 0.4) is 0 Å². The van der Waals surface area contributed by atoms with Crippen molar-refractivity contribution in [1.29, 1.82) is 0 Å². The number of phenols is 1. The van der Waals surface area contributed by atoms with Crippen molar-refractivity contribution in [3.8, 4) is 5.75 Å². The van der Waals surface area contributed by atoms with E-state index in [0.29, 0.717) is 43.3 Å². The first-order valence-electron chi connectivity index (χ1n) is 10.3. The lowest BCUT2D eigenvalue weighted by Crippen LogP contribution is -2.49. The predicted molar refractivity (Wildman–Crippen MR) is 122 cm³/mol. The monoisotopic (exact) mass is 473 g/mol. The van der Waals surface area contributed by atoms with Crippen LogP contribution in [0.5, 0.6) is 5.75 Å². The van der Waals surface area contributed by atoms with E-state index in [1.54, 1.807) is 27.4 Å². The summed E-state index contributed by atoms with van der Waals surface area (Å²) >= 11 is 5.94. The normalized spacial score (nSPS) is 14.0. The maximum absolute atomic E-state index is 15.0. The van der Waals surface area contributed by atoms with Gasteiger partial charge in [-0.3, -0.25) is 9.59 Å². The molecule has 0 spiro atoms. The molecule has 0 saturated carbocycles. The lowest BCUT2D eigenvalue weighted by atomic mass is 10.1. The van der Waals surface area contributed by atoms with Crippen molar-refractivity contribution in [2.45, 2.75) is 13.5 Å². The number of rotatable bonds is 4. The van der Waals surface area contributed by atoms with E-state index >= 15 is 4.39 Å². The van der Waals surface area contributed by atoms with E-state index in [1.807, 2.05) is 0 Å². The van der Waals surface area contributed by atoms with Crippen molar-refractivity contribution in [1.82, 2.24) is 9.47 Å². The molecule has 0 aliphatic carbocycles. The highest BCUT2D eigenvalue weighted by molar-refractivity contribution is 6.31. The molecule has 2 N–H and O–H groups in total. The number of aromatic hydroxyl groups is 1. The number of aryl methyl sites for hydroxylation is 1. The number of hydrogen-bond acceptors (Lipinski definition) is 5. The van der Waals surface area contributed by atoms with Gasteiger partial charge < -0.3 is 24.6 Å². The number of phenolic OH excluding ortho intramolecular Hbond substituents is 1. The maximum atomic E-state index is 15.0. The number of nitrogens with zero attached hydrogens (tertiary/aromatic N) is 3. The molecule has 0 radical (unpaired) electrons. The highest BCUT2D eigenvalue weighted by Gasteiger charge is 2.26. The van der Waals surface area contributed by atoms with Gasteiger partial charge >= 0.3 is 5.97 Å². The van der Waals surface area contributed by atoms with Crippen LogP contribution in [0.15, 0.2) is 41.3 Å². The van der Waals surface area contributed by atoms with Gasteiger partial charge in [0.05, 0.1) is 16.8 Å². The Hall–Kier alpha value is -3.59. The number of aromatic carboxylic acids is 1. The summed E-state index contributed by atoms with van der Waals surface area (Å²) in [5, 5.41) is 19.6. The summed E-state index contributed by atoms with van der Waals surface area (Å²) in [5.41, 5.74) is -0.331. The third-order valence-electron chi connectivity index (χ3n) is 5.82. The highest BCUT2D eigenvalue weighted by Crippen LogP contribution is 2.28. The van der Waals surface area contributed by atoms with Crippen molar-refractivity contribution in [3.63, 3.8) is 0 Å². The number of carbonyl (C=O) groups excluding carboxylic acids is 1. The summed E-state index contributed by atoms with van der Waals surface area (Å²) in [6.07, 6.45) is 1.27. The second-order valence-electron chi connectivity index (χ2n) is 7.72. The zero-order valence-electron chi connectivity index (χ0n) is 17.7. The van der Waals surface area contributed by atoms with E-state index in [1.165, 1.54) is 24.4 Å². The van der Waals surface area contributed by atoms with Crippen LogP contribution in [0, 0.1) is 5.82 Å². The molecule has 2 heterocycles. The van der Waals surface area contributed by atoms with E-state index in [0.717, 1.165) is 6.07 Å². The first kappa shape index (κ1) is 22.6. The van der Waals surface area contributed by atoms with Crippen LogP contribution in [0.2, 0.25) is 5.02 Å². The summed E-state index contributed by atoms with van der Waals surface area (Å²) < 4.78 is 16.6. The largest absolute Gasteiger partial charge is 0.507 e. The fourth-order valence-corrected chi connectivity index (χ4v) is 4.23. The fraction of sp³-hybridized carbons (Fsp3) is 0.261. The number of benzene rings is 2. The Morgan fingerprint density at radius 1 is 1.09 bits per heavy atom. The number of carbonyl (C=O) groups is 2. The number of piperazine rings is 1. The number of pyridine rings is 1. The molecule has 33 heavy (non-hydrogen) atoms. The Morgan fingerprint density at radius 3 is 2.42 bits per heavy atom.